The molecule has 178 valence electrons. The Labute approximate surface area is 196 Å². The molecule has 0 aromatic heterocycles. The maximum atomic E-state index is 12.5. The Morgan fingerprint density at radius 3 is 2.09 bits per heavy atom. The van der Waals surface area contributed by atoms with Crippen molar-refractivity contribution in [2.75, 3.05) is 24.4 Å². The van der Waals surface area contributed by atoms with Crippen LogP contribution < -0.4 is 21.7 Å². The molecule has 1 aromatic rings. The van der Waals surface area contributed by atoms with E-state index in [1.165, 1.54) is 11.8 Å². The molecular formula is C20H30N4O6S2. The number of carbonyl (C=O) groups excluding carboxylic acids is 3. The second-order valence-corrected chi connectivity index (χ2v) is 8.32. The first kappa shape index (κ1) is 27.8. The van der Waals surface area contributed by atoms with E-state index in [1.54, 1.807) is 30.3 Å². The van der Waals surface area contributed by atoms with Crippen LogP contribution >= 0.6 is 24.4 Å². The van der Waals surface area contributed by atoms with Crippen LogP contribution in [0, 0.1) is 0 Å². The van der Waals surface area contributed by atoms with Crippen LogP contribution in [0.15, 0.2) is 30.3 Å². The van der Waals surface area contributed by atoms with Gasteiger partial charge in [0, 0.05) is 12.2 Å². The molecule has 1 aromatic carbocycles. The molecule has 0 heterocycles. The summed E-state index contributed by atoms with van der Waals surface area (Å²) in [4.78, 5) is 48.7. The van der Waals surface area contributed by atoms with Crippen LogP contribution in [0.5, 0.6) is 0 Å². The largest absolute Gasteiger partial charge is 0.480 e. The molecule has 0 radical (unpaired) electrons. The van der Waals surface area contributed by atoms with E-state index in [0.717, 1.165) is 0 Å². The quantitative estimate of drug-likeness (QED) is 0.160. The number of rotatable bonds is 14. The molecule has 7 N–H and O–H groups in total. The maximum absolute atomic E-state index is 12.5. The van der Waals surface area contributed by atoms with Crippen molar-refractivity contribution in [3.8, 4) is 0 Å². The van der Waals surface area contributed by atoms with Crippen molar-refractivity contribution in [1.82, 2.24) is 16.0 Å². The summed E-state index contributed by atoms with van der Waals surface area (Å²) in [5.41, 5.74) is 6.48. The van der Waals surface area contributed by atoms with Gasteiger partial charge in [-0.2, -0.15) is 24.4 Å². The molecule has 3 amide bonds. The molecule has 32 heavy (non-hydrogen) atoms. The van der Waals surface area contributed by atoms with Gasteiger partial charge in [0.25, 0.3) is 0 Å². The Hall–Kier alpha value is -2.28. The zero-order valence-corrected chi connectivity index (χ0v) is 19.4. The van der Waals surface area contributed by atoms with Crippen LogP contribution in [0.3, 0.4) is 0 Å². The first-order chi connectivity index (χ1) is 15.2. The predicted octanol–water partition coefficient (Wildman–Crippen LogP) is -1.23. The van der Waals surface area contributed by atoms with Gasteiger partial charge < -0.3 is 31.9 Å². The SMILES string of the molecule is CSCCC(N)C(=O)NC(CS)C(=O)NC(CO)C(=O)NC(Cc1ccccc1)C(=O)O. The summed E-state index contributed by atoms with van der Waals surface area (Å²) in [6, 6.07) is 4.14. The molecule has 0 aliphatic rings. The first-order valence-electron chi connectivity index (χ1n) is 9.87. The summed E-state index contributed by atoms with van der Waals surface area (Å²) in [5.74, 6) is -2.82. The maximum Gasteiger partial charge on any atom is 0.326 e. The third kappa shape index (κ3) is 9.47. The Morgan fingerprint density at radius 2 is 1.56 bits per heavy atom. The van der Waals surface area contributed by atoms with Crippen LogP contribution in [0.25, 0.3) is 0 Å². The van der Waals surface area contributed by atoms with Crippen molar-refractivity contribution in [3.63, 3.8) is 0 Å². The minimum absolute atomic E-state index is 0.0251. The second kappa shape index (κ2) is 14.7. The van der Waals surface area contributed by atoms with Gasteiger partial charge in [-0.3, -0.25) is 14.4 Å². The zero-order chi connectivity index (χ0) is 24.1. The van der Waals surface area contributed by atoms with Gasteiger partial charge in [0.15, 0.2) is 0 Å². The number of aliphatic carboxylic acids is 1. The van der Waals surface area contributed by atoms with Gasteiger partial charge in [-0.05, 0) is 24.0 Å². The summed E-state index contributed by atoms with van der Waals surface area (Å²) in [6.45, 7) is -0.768. The molecule has 0 saturated heterocycles. The molecule has 4 atom stereocenters. The third-order valence-corrected chi connectivity index (χ3v) is 5.51. The molecule has 0 saturated carbocycles. The number of carboxylic acid groups (broad SMARTS) is 1. The molecule has 12 heteroatoms. The highest BCUT2D eigenvalue weighted by molar-refractivity contribution is 7.98. The topological polar surface area (TPSA) is 171 Å². The highest BCUT2D eigenvalue weighted by atomic mass is 32.2. The number of benzene rings is 1. The molecule has 0 aliphatic heterocycles. The van der Waals surface area contributed by atoms with Gasteiger partial charge in [0.2, 0.25) is 17.7 Å². The van der Waals surface area contributed by atoms with Gasteiger partial charge in [0.05, 0.1) is 12.6 Å². The number of hydrogen-bond acceptors (Lipinski definition) is 8. The summed E-state index contributed by atoms with van der Waals surface area (Å²) in [7, 11) is 0. The molecule has 0 aliphatic carbocycles. The van der Waals surface area contributed by atoms with E-state index in [0.29, 0.717) is 17.7 Å². The van der Waals surface area contributed by atoms with Crippen LogP contribution in [0.4, 0.5) is 0 Å². The van der Waals surface area contributed by atoms with Gasteiger partial charge in [-0.25, -0.2) is 4.79 Å². The lowest BCUT2D eigenvalue weighted by atomic mass is 10.1. The summed E-state index contributed by atoms with van der Waals surface area (Å²) in [5, 5.41) is 26.1. The molecule has 0 spiro atoms. The second-order valence-electron chi connectivity index (χ2n) is 6.96. The highest BCUT2D eigenvalue weighted by Crippen LogP contribution is 2.04. The number of thioether (sulfide) groups is 1. The molecule has 0 bridgehead atoms. The first-order valence-corrected chi connectivity index (χ1v) is 11.9. The van der Waals surface area contributed by atoms with Crippen molar-refractivity contribution in [3.05, 3.63) is 35.9 Å². The monoisotopic (exact) mass is 486 g/mol. The number of aliphatic hydroxyl groups excluding tert-OH is 1. The van der Waals surface area contributed by atoms with Crippen LogP contribution in [-0.4, -0.2) is 82.4 Å². The Bertz CT molecular complexity index is 768. The lowest BCUT2D eigenvalue weighted by molar-refractivity contribution is -0.142. The average Bonchev–Trinajstić information content (AvgIpc) is 2.78. The number of carboxylic acids is 1. The number of hydrogen-bond donors (Lipinski definition) is 7. The number of amides is 3. The standard InChI is InChI=1S/C20H30N4O6S2/c1-32-8-7-13(21)17(26)24-16(11-31)19(28)23-15(10-25)18(27)22-14(20(29)30)9-12-5-3-2-4-6-12/h2-6,13-16,25,31H,7-11,21H2,1H3,(H,22,27)(H,23,28)(H,24,26)(H,29,30). The fourth-order valence-electron chi connectivity index (χ4n) is 2.64. The van der Waals surface area contributed by atoms with Crippen molar-refractivity contribution in [2.24, 2.45) is 5.73 Å². The summed E-state index contributed by atoms with van der Waals surface area (Å²) >= 11 is 5.58. The minimum atomic E-state index is -1.41. The lowest BCUT2D eigenvalue weighted by Gasteiger charge is -2.23. The molecule has 10 nitrogen and oxygen atoms in total. The van der Waals surface area contributed by atoms with Crippen molar-refractivity contribution < 1.29 is 29.4 Å². The minimum Gasteiger partial charge on any atom is -0.480 e. The van der Waals surface area contributed by atoms with E-state index in [4.69, 9.17) is 5.73 Å². The van der Waals surface area contributed by atoms with Crippen molar-refractivity contribution in [2.45, 2.75) is 37.0 Å². The molecule has 4 unspecified atom stereocenters. The van der Waals surface area contributed by atoms with E-state index in [9.17, 15) is 29.4 Å². The van der Waals surface area contributed by atoms with Crippen LogP contribution in [-0.2, 0) is 25.6 Å². The van der Waals surface area contributed by atoms with Crippen molar-refractivity contribution >= 4 is 48.1 Å². The van der Waals surface area contributed by atoms with E-state index in [2.05, 4.69) is 28.6 Å². The predicted molar refractivity (Wildman–Crippen MR) is 125 cm³/mol. The van der Waals surface area contributed by atoms with E-state index < -0.39 is 54.5 Å². The zero-order valence-electron chi connectivity index (χ0n) is 17.7. The van der Waals surface area contributed by atoms with Crippen LogP contribution in [0.2, 0.25) is 0 Å². The van der Waals surface area contributed by atoms with Gasteiger partial charge in [-0.15, -0.1) is 0 Å². The van der Waals surface area contributed by atoms with E-state index >= 15 is 0 Å². The van der Waals surface area contributed by atoms with E-state index in [1.807, 2.05) is 6.26 Å². The number of aliphatic hydroxyl groups is 1. The van der Waals surface area contributed by atoms with Gasteiger partial charge in [0.1, 0.15) is 18.1 Å². The van der Waals surface area contributed by atoms with Gasteiger partial charge in [-0.1, -0.05) is 30.3 Å². The highest BCUT2D eigenvalue weighted by Gasteiger charge is 2.29. The summed E-state index contributed by atoms with van der Waals surface area (Å²) < 4.78 is 0. The molecular weight excluding hydrogens is 456 g/mol. The van der Waals surface area contributed by atoms with E-state index in [-0.39, 0.29) is 12.2 Å². The Morgan fingerprint density at radius 1 is 1.00 bits per heavy atom. The van der Waals surface area contributed by atoms with Crippen molar-refractivity contribution in [1.29, 1.82) is 0 Å². The fraction of sp³-hybridized carbons (Fsp3) is 0.500. The smallest absolute Gasteiger partial charge is 0.326 e. The number of nitrogens with one attached hydrogen (secondary N) is 3. The third-order valence-electron chi connectivity index (χ3n) is 4.50. The normalized spacial score (nSPS) is 14.5. The number of carbonyl (C=O) groups is 4. The molecule has 1 rings (SSSR count). The number of thiol groups is 1. The Kier molecular flexibility index (Phi) is 12.8. The van der Waals surface area contributed by atoms with Crippen LogP contribution in [0.1, 0.15) is 12.0 Å². The van der Waals surface area contributed by atoms with Gasteiger partial charge >= 0.3 is 5.97 Å². The average molecular weight is 487 g/mol. The number of nitrogens with two attached hydrogens (primary N) is 1. The Balaban J connectivity index is 2.73. The molecule has 0 fully saturated rings. The summed E-state index contributed by atoms with van der Waals surface area (Å²) in [6.07, 6.45) is 2.33. The lowest BCUT2D eigenvalue weighted by Crippen LogP contribution is -2.58. The fourth-order valence-corrected chi connectivity index (χ4v) is 3.38.